The predicted octanol–water partition coefficient (Wildman–Crippen LogP) is 2.07. The van der Waals surface area contributed by atoms with Crippen molar-refractivity contribution in [1.29, 1.82) is 0 Å². The van der Waals surface area contributed by atoms with Gasteiger partial charge in [0.15, 0.2) is 5.13 Å². The number of aryl methyl sites for hydroxylation is 1. The van der Waals surface area contributed by atoms with Gasteiger partial charge in [-0.1, -0.05) is 6.08 Å². The molecule has 1 aromatic heterocycles. The lowest BCUT2D eigenvalue weighted by molar-refractivity contribution is 1.01. The Morgan fingerprint density at radius 2 is 2.55 bits per heavy atom. The Kier molecular flexibility index (Phi) is 2.65. The summed E-state index contributed by atoms with van der Waals surface area (Å²) in [6, 6.07) is 0. The highest BCUT2D eigenvalue weighted by atomic mass is 32.1. The van der Waals surface area contributed by atoms with E-state index in [-0.39, 0.29) is 0 Å². The van der Waals surface area contributed by atoms with Crippen LogP contribution in [0, 0.1) is 6.92 Å². The molecule has 0 fully saturated rings. The second-order valence-corrected chi connectivity index (χ2v) is 3.28. The Hall–Kier alpha value is -0.830. The molecule has 60 valence electrons. The van der Waals surface area contributed by atoms with Gasteiger partial charge in [0.25, 0.3) is 0 Å². The normalized spacial score (nSPS) is 9.64. The van der Waals surface area contributed by atoms with E-state index in [2.05, 4.69) is 21.8 Å². The summed E-state index contributed by atoms with van der Waals surface area (Å²) >= 11 is 1.66. The van der Waals surface area contributed by atoms with E-state index in [1.54, 1.807) is 11.3 Å². The maximum atomic E-state index is 4.33. The molecule has 11 heavy (non-hydrogen) atoms. The summed E-state index contributed by atoms with van der Waals surface area (Å²) in [6.45, 7) is 6.52. The Balaban J connectivity index is 2.67. The minimum Gasteiger partial charge on any atom is -0.347 e. The van der Waals surface area contributed by atoms with E-state index in [0.717, 1.165) is 17.4 Å². The van der Waals surface area contributed by atoms with Crippen molar-refractivity contribution < 1.29 is 0 Å². The molecule has 1 heterocycles. The fourth-order valence-corrected chi connectivity index (χ4v) is 1.57. The Morgan fingerprint density at radius 3 is 3.00 bits per heavy atom. The van der Waals surface area contributed by atoms with E-state index in [4.69, 9.17) is 0 Å². The number of aromatic nitrogens is 1. The number of hydrogen-bond acceptors (Lipinski definition) is 3. The van der Waals surface area contributed by atoms with Crippen molar-refractivity contribution in [3.05, 3.63) is 23.7 Å². The Labute approximate surface area is 71.2 Å². The van der Waals surface area contributed by atoms with E-state index in [9.17, 15) is 0 Å². The minimum absolute atomic E-state index is 0.854. The maximum absolute atomic E-state index is 4.33. The van der Waals surface area contributed by atoms with Crippen LogP contribution < -0.4 is 4.90 Å². The maximum Gasteiger partial charge on any atom is 0.185 e. The molecule has 0 aliphatic rings. The van der Waals surface area contributed by atoms with Crippen LogP contribution in [-0.4, -0.2) is 18.6 Å². The lowest BCUT2D eigenvalue weighted by Gasteiger charge is -2.11. The zero-order valence-electron chi connectivity index (χ0n) is 6.87. The molecular formula is C8H12N2S. The molecule has 0 spiro atoms. The van der Waals surface area contributed by atoms with Crippen molar-refractivity contribution >= 4 is 16.5 Å². The van der Waals surface area contributed by atoms with Gasteiger partial charge in [0.2, 0.25) is 0 Å². The van der Waals surface area contributed by atoms with Crippen LogP contribution in [-0.2, 0) is 0 Å². The molecule has 1 rings (SSSR count). The average Bonchev–Trinajstić information content (AvgIpc) is 2.36. The Morgan fingerprint density at radius 1 is 1.82 bits per heavy atom. The van der Waals surface area contributed by atoms with Crippen LogP contribution in [0.1, 0.15) is 5.69 Å². The number of rotatable bonds is 3. The monoisotopic (exact) mass is 168 g/mol. The number of hydrogen-bond donors (Lipinski definition) is 0. The molecule has 0 aliphatic heterocycles. The molecule has 3 heteroatoms. The van der Waals surface area contributed by atoms with Crippen molar-refractivity contribution in [2.24, 2.45) is 0 Å². The van der Waals surface area contributed by atoms with Gasteiger partial charge in [-0.15, -0.1) is 17.9 Å². The van der Waals surface area contributed by atoms with Gasteiger partial charge in [-0.3, -0.25) is 0 Å². The lowest BCUT2D eigenvalue weighted by atomic mass is 10.5. The van der Waals surface area contributed by atoms with Crippen LogP contribution in [0.25, 0.3) is 0 Å². The van der Waals surface area contributed by atoms with Gasteiger partial charge in [0, 0.05) is 19.0 Å². The third-order valence-electron chi connectivity index (χ3n) is 1.34. The first-order valence-corrected chi connectivity index (χ1v) is 4.36. The van der Waals surface area contributed by atoms with Gasteiger partial charge in [0.1, 0.15) is 0 Å². The standard InChI is InChI=1S/C8H12N2S/c1-4-5-10(3)8-9-7(2)6-11-8/h4,6H,1,5H2,2-3H3. The second kappa shape index (κ2) is 3.53. The van der Waals surface area contributed by atoms with E-state index in [1.807, 2.05) is 20.0 Å². The van der Waals surface area contributed by atoms with Crippen LogP contribution in [0.2, 0.25) is 0 Å². The van der Waals surface area contributed by atoms with Gasteiger partial charge >= 0.3 is 0 Å². The summed E-state index contributed by atoms with van der Waals surface area (Å²) in [7, 11) is 2.01. The molecule has 0 amide bonds. The fourth-order valence-electron chi connectivity index (χ4n) is 0.789. The molecule has 0 radical (unpaired) electrons. The molecule has 0 atom stereocenters. The number of thiazole rings is 1. The predicted molar refractivity (Wildman–Crippen MR) is 50.3 cm³/mol. The highest BCUT2D eigenvalue weighted by molar-refractivity contribution is 7.13. The molecule has 2 nitrogen and oxygen atoms in total. The van der Waals surface area contributed by atoms with E-state index < -0.39 is 0 Å². The third kappa shape index (κ3) is 2.05. The van der Waals surface area contributed by atoms with Gasteiger partial charge in [-0.25, -0.2) is 4.98 Å². The molecule has 0 aliphatic carbocycles. The zero-order valence-corrected chi connectivity index (χ0v) is 7.69. The molecule has 0 saturated heterocycles. The number of anilines is 1. The highest BCUT2D eigenvalue weighted by Crippen LogP contribution is 2.17. The zero-order chi connectivity index (χ0) is 8.27. The van der Waals surface area contributed by atoms with Gasteiger partial charge in [-0.2, -0.15) is 0 Å². The molecule has 0 saturated carbocycles. The van der Waals surface area contributed by atoms with Crippen LogP contribution >= 0.6 is 11.3 Å². The van der Waals surface area contributed by atoms with Gasteiger partial charge in [-0.05, 0) is 6.92 Å². The third-order valence-corrected chi connectivity index (χ3v) is 2.41. The van der Waals surface area contributed by atoms with Crippen LogP contribution in [0.3, 0.4) is 0 Å². The SMILES string of the molecule is C=CCN(C)c1nc(C)cs1. The minimum atomic E-state index is 0.854. The van der Waals surface area contributed by atoms with Crippen LogP contribution in [0.5, 0.6) is 0 Å². The smallest absolute Gasteiger partial charge is 0.185 e. The molecule has 0 aromatic carbocycles. The summed E-state index contributed by atoms with van der Waals surface area (Å²) in [5.74, 6) is 0. The van der Waals surface area contributed by atoms with E-state index in [0.29, 0.717) is 0 Å². The fraction of sp³-hybridized carbons (Fsp3) is 0.375. The summed E-state index contributed by atoms with van der Waals surface area (Å²) < 4.78 is 0. The number of likely N-dealkylation sites (N-methyl/N-ethyl adjacent to an activating group) is 1. The molecule has 0 N–H and O–H groups in total. The lowest BCUT2D eigenvalue weighted by Crippen LogP contribution is -2.15. The topological polar surface area (TPSA) is 16.1 Å². The van der Waals surface area contributed by atoms with Crippen molar-refractivity contribution in [2.75, 3.05) is 18.5 Å². The van der Waals surface area contributed by atoms with E-state index in [1.165, 1.54) is 0 Å². The van der Waals surface area contributed by atoms with Gasteiger partial charge < -0.3 is 4.90 Å². The van der Waals surface area contributed by atoms with Crippen molar-refractivity contribution in [2.45, 2.75) is 6.92 Å². The van der Waals surface area contributed by atoms with Gasteiger partial charge in [0.05, 0.1) is 5.69 Å². The van der Waals surface area contributed by atoms with Crippen LogP contribution in [0.15, 0.2) is 18.0 Å². The molecular weight excluding hydrogens is 156 g/mol. The first-order valence-electron chi connectivity index (χ1n) is 3.48. The second-order valence-electron chi connectivity index (χ2n) is 2.44. The van der Waals surface area contributed by atoms with Crippen molar-refractivity contribution in [3.63, 3.8) is 0 Å². The van der Waals surface area contributed by atoms with E-state index >= 15 is 0 Å². The first-order chi connectivity index (χ1) is 5.24. The first kappa shape index (κ1) is 8.27. The quantitative estimate of drug-likeness (QED) is 0.642. The summed E-state index contributed by atoms with van der Waals surface area (Å²) in [5.41, 5.74) is 1.08. The molecule has 1 aromatic rings. The summed E-state index contributed by atoms with van der Waals surface area (Å²) in [6.07, 6.45) is 1.87. The molecule has 0 unspecified atom stereocenters. The number of nitrogens with zero attached hydrogens (tertiary/aromatic N) is 2. The largest absolute Gasteiger partial charge is 0.347 e. The van der Waals surface area contributed by atoms with Crippen LogP contribution in [0.4, 0.5) is 5.13 Å². The summed E-state index contributed by atoms with van der Waals surface area (Å²) in [4.78, 5) is 6.40. The van der Waals surface area contributed by atoms with Crippen molar-refractivity contribution in [3.8, 4) is 0 Å². The average molecular weight is 168 g/mol. The molecule has 0 bridgehead atoms. The van der Waals surface area contributed by atoms with Crippen molar-refractivity contribution in [1.82, 2.24) is 4.98 Å². The highest BCUT2D eigenvalue weighted by Gasteiger charge is 2.01. The Bertz CT molecular complexity index is 242. The summed E-state index contributed by atoms with van der Waals surface area (Å²) in [5, 5.41) is 3.11.